The molecule has 0 radical (unpaired) electrons. The van der Waals surface area contributed by atoms with E-state index in [4.69, 9.17) is 5.41 Å². The SMILES string of the molecule is N=C(/C(=C(\O)c1cccs1)C(O)c1cccnc1)c1ccc(F)cc1F. The lowest BCUT2D eigenvalue weighted by Gasteiger charge is -2.18. The first-order chi connectivity index (χ1) is 12.5. The van der Waals surface area contributed by atoms with E-state index in [0.717, 1.165) is 12.1 Å². The number of hydrogen-bond donors (Lipinski definition) is 3. The number of hydrogen-bond acceptors (Lipinski definition) is 5. The fraction of sp³-hybridized carbons (Fsp3) is 0.0526. The molecule has 0 amide bonds. The molecule has 132 valence electrons. The highest BCUT2D eigenvalue weighted by molar-refractivity contribution is 7.11. The molecule has 0 aliphatic rings. The van der Waals surface area contributed by atoms with Crippen LogP contribution in [0.5, 0.6) is 0 Å². The lowest BCUT2D eigenvalue weighted by atomic mass is 9.92. The summed E-state index contributed by atoms with van der Waals surface area (Å²) in [5.41, 5.74) is -0.527. The minimum Gasteiger partial charge on any atom is -0.506 e. The number of pyridine rings is 1. The van der Waals surface area contributed by atoms with Gasteiger partial charge in [0, 0.05) is 29.6 Å². The molecule has 1 atom stereocenters. The van der Waals surface area contributed by atoms with Crippen LogP contribution < -0.4 is 0 Å². The molecule has 1 unspecified atom stereocenters. The van der Waals surface area contributed by atoms with Gasteiger partial charge < -0.3 is 10.2 Å². The maximum atomic E-state index is 14.2. The Balaban J connectivity index is 2.15. The highest BCUT2D eigenvalue weighted by atomic mass is 32.1. The Labute approximate surface area is 152 Å². The Bertz CT molecular complexity index is 957. The van der Waals surface area contributed by atoms with E-state index in [-0.39, 0.29) is 16.9 Å². The fourth-order valence-corrected chi connectivity index (χ4v) is 3.15. The molecule has 3 N–H and O–H groups in total. The summed E-state index contributed by atoms with van der Waals surface area (Å²) in [6.07, 6.45) is 1.49. The second-order valence-electron chi connectivity index (χ2n) is 5.43. The number of aliphatic hydroxyl groups is 2. The third-order valence-electron chi connectivity index (χ3n) is 3.75. The van der Waals surface area contributed by atoms with Crippen molar-refractivity contribution >= 4 is 22.8 Å². The normalized spacial score (nSPS) is 13.2. The summed E-state index contributed by atoms with van der Waals surface area (Å²) in [5.74, 6) is -2.07. The second-order valence-corrected chi connectivity index (χ2v) is 6.38. The van der Waals surface area contributed by atoms with Crippen molar-refractivity contribution in [2.45, 2.75) is 6.10 Å². The molecule has 2 heterocycles. The van der Waals surface area contributed by atoms with Gasteiger partial charge in [-0.3, -0.25) is 10.4 Å². The zero-order chi connectivity index (χ0) is 18.7. The zero-order valence-corrected chi connectivity index (χ0v) is 14.2. The number of thiophene rings is 1. The number of halogens is 2. The fourth-order valence-electron chi connectivity index (χ4n) is 2.47. The molecule has 0 aliphatic heterocycles. The third-order valence-corrected chi connectivity index (χ3v) is 4.63. The van der Waals surface area contributed by atoms with Gasteiger partial charge in [-0.25, -0.2) is 8.78 Å². The predicted molar refractivity (Wildman–Crippen MR) is 96.3 cm³/mol. The average molecular weight is 372 g/mol. The first-order valence-corrected chi connectivity index (χ1v) is 8.46. The molecule has 0 fully saturated rings. The van der Waals surface area contributed by atoms with Gasteiger partial charge in [-0.15, -0.1) is 11.3 Å². The second kappa shape index (κ2) is 7.55. The van der Waals surface area contributed by atoms with E-state index in [9.17, 15) is 19.0 Å². The van der Waals surface area contributed by atoms with Gasteiger partial charge >= 0.3 is 0 Å². The van der Waals surface area contributed by atoms with Crippen molar-refractivity contribution in [1.82, 2.24) is 4.98 Å². The standard InChI is InChI=1S/C19H14F2N2O2S/c20-12-5-6-13(14(21)9-12)17(22)16(19(25)15-4-2-8-26-15)18(24)11-3-1-7-23-10-11/h1-10,18,22,24-25H/b19-16+,22-17?. The zero-order valence-electron chi connectivity index (χ0n) is 13.4. The summed E-state index contributed by atoms with van der Waals surface area (Å²) < 4.78 is 27.3. The van der Waals surface area contributed by atoms with Crippen LogP contribution in [-0.4, -0.2) is 20.9 Å². The van der Waals surface area contributed by atoms with Crippen molar-refractivity contribution < 1.29 is 19.0 Å². The average Bonchev–Trinajstić information content (AvgIpc) is 3.17. The van der Waals surface area contributed by atoms with Crippen molar-refractivity contribution in [1.29, 1.82) is 5.41 Å². The Morgan fingerprint density at radius 3 is 2.58 bits per heavy atom. The van der Waals surface area contributed by atoms with Crippen molar-refractivity contribution in [3.05, 3.63) is 93.4 Å². The summed E-state index contributed by atoms with van der Waals surface area (Å²) in [5, 5.41) is 31.5. The van der Waals surface area contributed by atoms with Gasteiger partial charge in [0.05, 0.1) is 16.2 Å². The summed E-state index contributed by atoms with van der Waals surface area (Å²) in [6, 6.07) is 9.26. The van der Waals surface area contributed by atoms with E-state index >= 15 is 0 Å². The van der Waals surface area contributed by atoms with Crippen LogP contribution in [0.4, 0.5) is 8.78 Å². The number of nitrogens with zero attached hydrogens (tertiary/aromatic N) is 1. The summed E-state index contributed by atoms with van der Waals surface area (Å²) >= 11 is 1.21. The highest BCUT2D eigenvalue weighted by Gasteiger charge is 2.26. The van der Waals surface area contributed by atoms with Crippen LogP contribution in [0, 0.1) is 17.0 Å². The molecule has 3 rings (SSSR count). The molecule has 2 aromatic heterocycles. The Kier molecular flexibility index (Phi) is 5.20. The van der Waals surface area contributed by atoms with Crippen LogP contribution in [0.15, 0.2) is 65.8 Å². The van der Waals surface area contributed by atoms with E-state index < -0.39 is 23.5 Å². The maximum Gasteiger partial charge on any atom is 0.141 e. The van der Waals surface area contributed by atoms with Crippen LogP contribution in [0.3, 0.4) is 0 Å². The quantitative estimate of drug-likeness (QED) is 0.456. The van der Waals surface area contributed by atoms with Gasteiger partial charge in [-0.1, -0.05) is 12.1 Å². The smallest absolute Gasteiger partial charge is 0.141 e. The van der Waals surface area contributed by atoms with Crippen molar-refractivity contribution in [2.24, 2.45) is 0 Å². The molecule has 0 saturated carbocycles. The van der Waals surface area contributed by atoms with Gasteiger partial charge in [-0.2, -0.15) is 0 Å². The lowest BCUT2D eigenvalue weighted by Crippen LogP contribution is -2.16. The van der Waals surface area contributed by atoms with Crippen LogP contribution in [0.1, 0.15) is 22.1 Å². The topological polar surface area (TPSA) is 77.2 Å². The molecule has 0 spiro atoms. The molecule has 3 aromatic rings. The molecule has 7 heteroatoms. The summed E-state index contributed by atoms with van der Waals surface area (Å²) in [6.45, 7) is 0. The number of nitrogens with one attached hydrogen (secondary N) is 1. The Hall–Kier alpha value is -2.90. The number of rotatable bonds is 5. The van der Waals surface area contributed by atoms with E-state index in [1.165, 1.54) is 23.7 Å². The van der Waals surface area contributed by atoms with E-state index in [1.54, 1.807) is 29.6 Å². The molecular weight excluding hydrogens is 358 g/mol. The minimum absolute atomic E-state index is 0.189. The first-order valence-electron chi connectivity index (χ1n) is 7.58. The molecule has 26 heavy (non-hydrogen) atoms. The van der Waals surface area contributed by atoms with E-state index in [0.29, 0.717) is 16.5 Å². The number of aliphatic hydroxyl groups excluding tert-OH is 2. The van der Waals surface area contributed by atoms with Gasteiger partial charge in [0.25, 0.3) is 0 Å². The van der Waals surface area contributed by atoms with Gasteiger partial charge in [-0.05, 0) is 29.6 Å². The van der Waals surface area contributed by atoms with Crippen LogP contribution >= 0.6 is 11.3 Å². The van der Waals surface area contributed by atoms with Crippen LogP contribution in [-0.2, 0) is 0 Å². The molecular formula is C19H14F2N2O2S. The monoisotopic (exact) mass is 372 g/mol. The highest BCUT2D eigenvalue weighted by Crippen LogP contribution is 2.32. The maximum absolute atomic E-state index is 14.2. The Morgan fingerprint density at radius 1 is 1.15 bits per heavy atom. The van der Waals surface area contributed by atoms with Gasteiger partial charge in [0.1, 0.15) is 23.5 Å². The third kappa shape index (κ3) is 3.54. The summed E-state index contributed by atoms with van der Waals surface area (Å²) in [7, 11) is 0. The largest absolute Gasteiger partial charge is 0.506 e. The van der Waals surface area contributed by atoms with Crippen molar-refractivity contribution in [3.63, 3.8) is 0 Å². The van der Waals surface area contributed by atoms with Crippen LogP contribution in [0.25, 0.3) is 5.76 Å². The molecule has 0 aliphatic carbocycles. The Morgan fingerprint density at radius 2 is 1.96 bits per heavy atom. The van der Waals surface area contributed by atoms with E-state index in [2.05, 4.69) is 4.98 Å². The van der Waals surface area contributed by atoms with Gasteiger partial charge in [0.15, 0.2) is 0 Å². The van der Waals surface area contributed by atoms with E-state index in [1.807, 2.05) is 0 Å². The lowest BCUT2D eigenvalue weighted by molar-refractivity contribution is 0.219. The number of benzene rings is 1. The van der Waals surface area contributed by atoms with Crippen molar-refractivity contribution in [2.75, 3.05) is 0 Å². The number of aromatic nitrogens is 1. The molecule has 4 nitrogen and oxygen atoms in total. The minimum atomic E-state index is -1.41. The van der Waals surface area contributed by atoms with Gasteiger partial charge in [0.2, 0.25) is 0 Å². The predicted octanol–water partition coefficient (Wildman–Crippen LogP) is 4.49. The van der Waals surface area contributed by atoms with Crippen LogP contribution in [0.2, 0.25) is 0 Å². The molecule has 1 aromatic carbocycles. The molecule has 0 bridgehead atoms. The van der Waals surface area contributed by atoms with Crippen molar-refractivity contribution in [3.8, 4) is 0 Å². The first kappa shape index (κ1) is 17.9. The molecule has 0 saturated heterocycles. The summed E-state index contributed by atoms with van der Waals surface area (Å²) in [4.78, 5) is 4.33.